The lowest BCUT2D eigenvalue weighted by atomic mass is 10.1. The van der Waals surface area contributed by atoms with Crippen LogP contribution in [0.1, 0.15) is 24.1 Å². The van der Waals surface area contributed by atoms with Gasteiger partial charge in [0.15, 0.2) is 0 Å². The summed E-state index contributed by atoms with van der Waals surface area (Å²) in [4.78, 5) is 14.9. The highest BCUT2D eigenvalue weighted by molar-refractivity contribution is 5.75. The fourth-order valence-corrected chi connectivity index (χ4v) is 1.46. The predicted octanol–water partition coefficient (Wildman–Crippen LogP) is 1.97. The number of pyridine rings is 1. The van der Waals surface area contributed by atoms with Crippen LogP contribution in [0.15, 0.2) is 18.5 Å². The van der Waals surface area contributed by atoms with E-state index in [1.165, 1.54) is 16.8 Å². The molecule has 0 saturated carbocycles. The molecule has 0 aromatic carbocycles. The molecule has 16 heavy (non-hydrogen) atoms. The van der Waals surface area contributed by atoms with Gasteiger partial charge in [0.2, 0.25) is 0 Å². The second-order valence-corrected chi connectivity index (χ2v) is 3.80. The monoisotopic (exact) mass is 222 g/mol. The molecule has 0 spiro atoms. The third-order valence-electron chi connectivity index (χ3n) is 2.57. The number of nitrogens with zero attached hydrogens (tertiary/aromatic N) is 2. The van der Waals surface area contributed by atoms with Gasteiger partial charge in [-0.25, -0.2) is 9.37 Å². The van der Waals surface area contributed by atoms with Crippen LogP contribution in [0.5, 0.6) is 0 Å². The molecule has 0 radical (unpaired) electrons. The Morgan fingerprint density at radius 2 is 2.25 bits per heavy atom. The van der Waals surface area contributed by atoms with E-state index in [1.54, 1.807) is 19.9 Å². The maximum absolute atomic E-state index is 13.3. The number of aryl methyl sites for hydroxylation is 1. The van der Waals surface area contributed by atoms with Gasteiger partial charge >= 0.3 is 5.97 Å². The van der Waals surface area contributed by atoms with Gasteiger partial charge in [-0.2, -0.15) is 0 Å². The molecule has 2 aromatic heterocycles. The van der Waals surface area contributed by atoms with Crippen molar-refractivity contribution in [3.05, 3.63) is 35.5 Å². The van der Waals surface area contributed by atoms with Crippen molar-refractivity contribution in [2.45, 2.75) is 19.8 Å². The quantitative estimate of drug-likeness (QED) is 0.845. The molecule has 0 fully saturated rings. The van der Waals surface area contributed by atoms with Crippen LogP contribution in [0.4, 0.5) is 4.39 Å². The van der Waals surface area contributed by atoms with E-state index >= 15 is 0 Å². The van der Waals surface area contributed by atoms with Gasteiger partial charge in [-0.15, -0.1) is 0 Å². The molecule has 1 unspecified atom stereocenters. The summed E-state index contributed by atoms with van der Waals surface area (Å²) in [6.45, 7) is 3.19. The largest absolute Gasteiger partial charge is 0.481 e. The molecule has 0 saturated heterocycles. The van der Waals surface area contributed by atoms with Crippen LogP contribution in [-0.2, 0) is 4.79 Å². The molecule has 4 nitrogen and oxygen atoms in total. The van der Waals surface area contributed by atoms with Crippen LogP contribution in [0.2, 0.25) is 0 Å². The molecule has 1 atom stereocenters. The molecule has 2 heterocycles. The van der Waals surface area contributed by atoms with Crippen LogP contribution >= 0.6 is 0 Å². The van der Waals surface area contributed by atoms with Crippen LogP contribution in [0, 0.1) is 12.7 Å². The summed E-state index contributed by atoms with van der Waals surface area (Å²) in [5, 5.41) is 8.85. The number of hydrogen-bond donors (Lipinski definition) is 1. The van der Waals surface area contributed by atoms with Crippen molar-refractivity contribution < 1.29 is 14.3 Å². The molecule has 2 aromatic rings. The Kier molecular flexibility index (Phi) is 2.38. The highest BCUT2D eigenvalue weighted by Gasteiger charge is 2.17. The van der Waals surface area contributed by atoms with Crippen molar-refractivity contribution in [3.8, 4) is 0 Å². The average molecular weight is 222 g/mol. The van der Waals surface area contributed by atoms with Gasteiger partial charge in [-0.05, 0) is 25.5 Å². The lowest BCUT2D eigenvalue weighted by Crippen LogP contribution is -2.07. The van der Waals surface area contributed by atoms with E-state index in [0.29, 0.717) is 16.9 Å². The van der Waals surface area contributed by atoms with Crippen molar-refractivity contribution in [1.82, 2.24) is 9.38 Å². The topological polar surface area (TPSA) is 54.6 Å². The van der Waals surface area contributed by atoms with E-state index in [1.807, 2.05) is 0 Å². The summed E-state index contributed by atoms with van der Waals surface area (Å²) in [6.07, 6.45) is 2.84. The summed E-state index contributed by atoms with van der Waals surface area (Å²) in [7, 11) is 0. The Bertz CT molecular complexity index is 523. The minimum atomic E-state index is -0.944. The summed E-state index contributed by atoms with van der Waals surface area (Å²) >= 11 is 0. The number of aliphatic carboxylic acids is 1. The van der Waals surface area contributed by atoms with E-state index in [9.17, 15) is 9.18 Å². The zero-order chi connectivity index (χ0) is 11.9. The molecule has 84 valence electrons. The van der Waals surface area contributed by atoms with Crippen molar-refractivity contribution in [1.29, 1.82) is 0 Å². The van der Waals surface area contributed by atoms with E-state index in [2.05, 4.69) is 4.98 Å². The molecule has 1 N–H and O–H groups in total. The van der Waals surface area contributed by atoms with Gasteiger partial charge in [-0.1, -0.05) is 0 Å². The number of carboxylic acid groups (broad SMARTS) is 1. The lowest BCUT2D eigenvalue weighted by molar-refractivity contribution is -0.138. The molecule has 5 heteroatoms. The Balaban J connectivity index is 2.56. The SMILES string of the molecule is Cc1cc2nc(C(C)C(=O)O)cn2cc1F. The van der Waals surface area contributed by atoms with Crippen molar-refractivity contribution in [2.24, 2.45) is 0 Å². The first kappa shape index (κ1) is 10.6. The molecular formula is C11H11FN2O2. The molecule has 0 amide bonds. The van der Waals surface area contributed by atoms with Gasteiger partial charge < -0.3 is 9.51 Å². The zero-order valence-corrected chi connectivity index (χ0v) is 8.94. The third kappa shape index (κ3) is 1.64. The number of carboxylic acids is 1. The number of halogens is 1. The number of aromatic nitrogens is 2. The number of hydrogen-bond acceptors (Lipinski definition) is 2. The van der Waals surface area contributed by atoms with Crippen molar-refractivity contribution >= 4 is 11.6 Å². The highest BCUT2D eigenvalue weighted by atomic mass is 19.1. The number of rotatable bonds is 2. The second kappa shape index (κ2) is 3.59. The van der Waals surface area contributed by atoms with Crippen molar-refractivity contribution in [2.75, 3.05) is 0 Å². The Morgan fingerprint density at radius 1 is 1.56 bits per heavy atom. The van der Waals surface area contributed by atoms with E-state index < -0.39 is 11.9 Å². The molecular weight excluding hydrogens is 211 g/mol. The fourth-order valence-electron chi connectivity index (χ4n) is 1.46. The van der Waals surface area contributed by atoms with Gasteiger partial charge in [0.25, 0.3) is 0 Å². The van der Waals surface area contributed by atoms with E-state index in [-0.39, 0.29) is 5.82 Å². The lowest BCUT2D eigenvalue weighted by Gasteiger charge is -1.98. The Hall–Kier alpha value is -1.91. The normalized spacial score (nSPS) is 12.9. The Morgan fingerprint density at radius 3 is 2.88 bits per heavy atom. The standard InChI is InChI=1S/C11H11FN2O2/c1-6-3-10-13-9(7(2)11(15)16)5-14(10)4-8(6)12/h3-5,7H,1-2H3,(H,15,16). The number of carbonyl (C=O) groups is 1. The van der Waals surface area contributed by atoms with Crippen LogP contribution in [-0.4, -0.2) is 20.5 Å². The van der Waals surface area contributed by atoms with Gasteiger partial charge in [-0.3, -0.25) is 4.79 Å². The molecule has 0 bridgehead atoms. The summed E-state index contributed by atoms with van der Waals surface area (Å²) in [6, 6.07) is 1.59. The van der Waals surface area contributed by atoms with Crippen molar-refractivity contribution in [3.63, 3.8) is 0 Å². The second-order valence-electron chi connectivity index (χ2n) is 3.80. The van der Waals surface area contributed by atoms with Gasteiger partial charge in [0.05, 0.1) is 11.6 Å². The fraction of sp³-hybridized carbons (Fsp3) is 0.273. The predicted molar refractivity (Wildman–Crippen MR) is 55.9 cm³/mol. The van der Waals surface area contributed by atoms with Gasteiger partial charge in [0.1, 0.15) is 11.5 Å². The summed E-state index contributed by atoms with van der Waals surface area (Å²) in [5.41, 5.74) is 1.48. The molecule has 2 rings (SSSR count). The number of fused-ring (bicyclic) bond motifs is 1. The summed E-state index contributed by atoms with van der Waals surface area (Å²) in [5.74, 6) is -1.97. The molecule has 0 aliphatic heterocycles. The first-order valence-corrected chi connectivity index (χ1v) is 4.86. The molecule has 0 aliphatic rings. The minimum absolute atomic E-state index is 0.334. The first-order valence-electron chi connectivity index (χ1n) is 4.86. The average Bonchev–Trinajstić information content (AvgIpc) is 2.60. The highest BCUT2D eigenvalue weighted by Crippen LogP contribution is 2.17. The first-order chi connectivity index (χ1) is 7.49. The van der Waals surface area contributed by atoms with Crippen LogP contribution in [0.25, 0.3) is 5.65 Å². The van der Waals surface area contributed by atoms with E-state index in [4.69, 9.17) is 5.11 Å². The maximum atomic E-state index is 13.3. The summed E-state index contributed by atoms with van der Waals surface area (Å²) < 4.78 is 14.7. The zero-order valence-electron chi connectivity index (χ0n) is 8.94. The van der Waals surface area contributed by atoms with Crippen LogP contribution in [0.3, 0.4) is 0 Å². The number of imidazole rings is 1. The van der Waals surface area contributed by atoms with Gasteiger partial charge in [0, 0.05) is 12.4 Å². The molecule has 0 aliphatic carbocycles. The van der Waals surface area contributed by atoms with E-state index in [0.717, 1.165) is 0 Å². The van der Waals surface area contributed by atoms with Crippen LogP contribution < -0.4 is 0 Å². The smallest absolute Gasteiger partial charge is 0.312 e. The Labute approximate surface area is 91.4 Å². The minimum Gasteiger partial charge on any atom is -0.481 e. The maximum Gasteiger partial charge on any atom is 0.312 e. The third-order valence-corrected chi connectivity index (χ3v) is 2.57.